The maximum absolute atomic E-state index is 10.5. The highest BCUT2D eigenvalue weighted by molar-refractivity contribution is 7.11. The van der Waals surface area contributed by atoms with Crippen LogP contribution in [0.5, 0.6) is 5.75 Å². The number of unbranched alkanes of at least 4 members (excludes halogenated alkanes) is 1. The highest BCUT2D eigenvalue weighted by Gasteiger charge is 2.03. The van der Waals surface area contributed by atoms with Crippen molar-refractivity contribution in [2.75, 3.05) is 7.11 Å². The molecule has 0 amide bonds. The fourth-order valence-corrected chi connectivity index (χ4v) is 3.63. The summed E-state index contributed by atoms with van der Waals surface area (Å²) in [7, 11) is 1.69. The molecule has 124 valence electrons. The normalized spacial score (nSPS) is 10.7. The quantitative estimate of drug-likeness (QED) is 0.640. The standard InChI is InChI=1S/C19H24O3S/c1-22-16-11-9-15(10-12-16)5-4-7-18-14-13-17(23-18)6-2-3-8-19(20)21/h9-14H,2-8H2,1H3,(H,20,21). The lowest BCUT2D eigenvalue weighted by Crippen LogP contribution is -1.94. The summed E-state index contributed by atoms with van der Waals surface area (Å²) in [5.74, 6) is 0.204. The zero-order chi connectivity index (χ0) is 16.5. The molecule has 0 fully saturated rings. The van der Waals surface area contributed by atoms with Gasteiger partial charge in [0.15, 0.2) is 0 Å². The molecule has 23 heavy (non-hydrogen) atoms. The van der Waals surface area contributed by atoms with E-state index in [1.807, 2.05) is 23.5 Å². The first-order chi connectivity index (χ1) is 11.2. The molecule has 0 saturated carbocycles. The molecule has 0 radical (unpaired) electrons. The molecule has 0 aliphatic rings. The van der Waals surface area contributed by atoms with Crippen LogP contribution >= 0.6 is 11.3 Å². The lowest BCUT2D eigenvalue weighted by molar-refractivity contribution is -0.137. The van der Waals surface area contributed by atoms with Crippen LogP contribution < -0.4 is 4.74 Å². The Balaban J connectivity index is 1.68. The van der Waals surface area contributed by atoms with Gasteiger partial charge in [0.05, 0.1) is 7.11 Å². The molecule has 0 atom stereocenters. The lowest BCUT2D eigenvalue weighted by atomic mass is 10.1. The summed E-state index contributed by atoms with van der Waals surface area (Å²) in [5.41, 5.74) is 1.34. The number of hydrogen-bond donors (Lipinski definition) is 1. The minimum atomic E-state index is -0.699. The number of thiophene rings is 1. The van der Waals surface area contributed by atoms with Gasteiger partial charge in [0, 0.05) is 16.2 Å². The van der Waals surface area contributed by atoms with E-state index in [0.717, 1.165) is 44.3 Å². The van der Waals surface area contributed by atoms with Crippen molar-refractivity contribution in [1.82, 2.24) is 0 Å². The Morgan fingerprint density at radius 2 is 1.61 bits per heavy atom. The van der Waals surface area contributed by atoms with Gasteiger partial charge in [-0.1, -0.05) is 12.1 Å². The van der Waals surface area contributed by atoms with E-state index in [1.165, 1.54) is 15.3 Å². The van der Waals surface area contributed by atoms with Crippen LogP contribution in [0.3, 0.4) is 0 Å². The number of methoxy groups -OCH3 is 1. The first kappa shape index (κ1) is 17.5. The smallest absolute Gasteiger partial charge is 0.303 e. The van der Waals surface area contributed by atoms with E-state index in [0.29, 0.717) is 0 Å². The fourth-order valence-electron chi connectivity index (χ4n) is 2.53. The number of carboxylic acids is 1. The third-order valence-corrected chi connectivity index (χ3v) is 5.03. The van der Waals surface area contributed by atoms with Gasteiger partial charge in [-0.15, -0.1) is 11.3 Å². The summed E-state index contributed by atoms with van der Waals surface area (Å²) in [6.07, 6.45) is 6.32. The third-order valence-electron chi connectivity index (χ3n) is 3.83. The van der Waals surface area contributed by atoms with Gasteiger partial charge in [0.25, 0.3) is 0 Å². The number of rotatable bonds is 10. The van der Waals surface area contributed by atoms with Gasteiger partial charge >= 0.3 is 5.97 Å². The molecule has 0 spiro atoms. The van der Waals surface area contributed by atoms with Gasteiger partial charge in [-0.25, -0.2) is 0 Å². The summed E-state index contributed by atoms with van der Waals surface area (Å²) in [4.78, 5) is 13.3. The zero-order valence-corrected chi connectivity index (χ0v) is 14.4. The number of aliphatic carboxylic acids is 1. The van der Waals surface area contributed by atoms with Gasteiger partial charge in [-0.05, 0) is 68.4 Å². The predicted octanol–water partition coefficient (Wildman–Crippen LogP) is 4.73. The van der Waals surface area contributed by atoms with Crippen LogP contribution in [0.4, 0.5) is 0 Å². The molecule has 1 N–H and O–H groups in total. The van der Waals surface area contributed by atoms with Crippen LogP contribution in [0.2, 0.25) is 0 Å². The Kier molecular flexibility index (Phi) is 7.14. The van der Waals surface area contributed by atoms with Gasteiger partial charge in [-0.2, -0.15) is 0 Å². The second-order valence-corrected chi connectivity index (χ2v) is 6.92. The van der Waals surface area contributed by atoms with Crippen molar-refractivity contribution in [2.24, 2.45) is 0 Å². The molecule has 0 bridgehead atoms. The minimum Gasteiger partial charge on any atom is -0.497 e. The molecule has 1 aromatic heterocycles. The van der Waals surface area contributed by atoms with Crippen molar-refractivity contribution in [1.29, 1.82) is 0 Å². The van der Waals surface area contributed by atoms with Crippen molar-refractivity contribution >= 4 is 17.3 Å². The maximum Gasteiger partial charge on any atom is 0.303 e. The Hall–Kier alpha value is -1.81. The van der Waals surface area contributed by atoms with Gasteiger partial charge in [0.1, 0.15) is 5.75 Å². The number of ether oxygens (including phenoxy) is 1. The average Bonchev–Trinajstić information content (AvgIpc) is 3.00. The molecule has 1 heterocycles. The Bertz CT molecular complexity index is 601. The molecule has 0 saturated heterocycles. The first-order valence-electron chi connectivity index (χ1n) is 8.09. The van der Waals surface area contributed by atoms with Crippen molar-refractivity contribution in [3.63, 3.8) is 0 Å². The van der Waals surface area contributed by atoms with E-state index < -0.39 is 5.97 Å². The molecule has 2 aromatic rings. The number of hydrogen-bond acceptors (Lipinski definition) is 3. The molecule has 0 aliphatic heterocycles. The van der Waals surface area contributed by atoms with E-state index in [-0.39, 0.29) is 6.42 Å². The first-order valence-corrected chi connectivity index (χ1v) is 8.91. The van der Waals surface area contributed by atoms with Gasteiger partial charge in [0.2, 0.25) is 0 Å². The summed E-state index contributed by atoms with van der Waals surface area (Å²) >= 11 is 1.87. The highest BCUT2D eigenvalue weighted by Crippen LogP contribution is 2.21. The highest BCUT2D eigenvalue weighted by atomic mass is 32.1. The largest absolute Gasteiger partial charge is 0.497 e. The Morgan fingerprint density at radius 1 is 0.957 bits per heavy atom. The van der Waals surface area contributed by atoms with Crippen LogP contribution in [0.1, 0.15) is 41.0 Å². The Morgan fingerprint density at radius 3 is 2.22 bits per heavy atom. The van der Waals surface area contributed by atoms with Crippen LogP contribution in [-0.4, -0.2) is 18.2 Å². The van der Waals surface area contributed by atoms with Gasteiger partial charge in [-0.3, -0.25) is 4.79 Å². The van der Waals surface area contributed by atoms with E-state index in [2.05, 4.69) is 24.3 Å². The molecular weight excluding hydrogens is 308 g/mol. The monoisotopic (exact) mass is 332 g/mol. The third kappa shape index (κ3) is 6.45. The van der Waals surface area contributed by atoms with Crippen molar-refractivity contribution in [2.45, 2.75) is 44.9 Å². The van der Waals surface area contributed by atoms with Crippen LogP contribution in [0.25, 0.3) is 0 Å². The molecule has 3 nitrogen and oxygen atoms in total. The number of benzene rings is 1. The second kappa shape index (κ2) is 9.36. The van der Waals surface area contributed by atoms with Gasteiger partial charge < -0.3 is 9.84 Å². The topological polar surface area (TPSA) is 46.5 Å². The molecular formula is C19H24O3S. The van der Waals surface area contributed by atoms with Crippen molar-refractivity contribution in [3.8, 4) is 5.75 Å². The van der Waals surface area contributed by atoms with Crippen molar-refractivity contribution in [3.05, 3.63) is 51.7 Å². The van der Waals surface area contributed by atoms with E-state index in [9.17, 15) is 4.79 Å². The van der Waals surface area contributed by atoms with E-state index >= 15 is 0 Å². The Labute approximate surface area is 141 Å². The molecule has 0 unspecified atom stereocenters. The molecule has 1 aromatic carbocycles. The van der Waals surface area contributed by atoms with E-state index in [1.54, 1.807) is 7.11 Å². The predicted molar refractivity (Wildman–Crippen MR) is 94.5 cm³/mol. The lowest BCUT2D eigenvalue weighted by Gasteiger charge is -2.03. The SMILES string of the molecule is COc1ccc(CCCc2ccc(CCCCC(=O)O)s2)cc1. The summed E-state index contributed by atoms with van der Waals surface area (Å²) in [5, 5.41) is 8.63. The van der Waals surface area contributed by atoms with Crippen LogP contribution in [-0.2, 0) is 24.1 Å². The minimum absolute atomic E-state index is 0.278. The summed E-state index contributed by atoms with van der Waals surface area (Å²) in [6.45, 7) is 0. The number of aryl methyl sites for hydroxylation is 3. The summed E-state index contributed by atoms with van der Waals surface area (Å²) in [6, 6.07) is 12.7. The second-order valence-electron chi connectivity index (χ2n) is 5.67. The molecule has 2 rings (SSSR count). The summed E-state index contributed by atoms with van der Waals surface area (Å²) < 4.78 is 5.17. The molecule has 0 aliphatic carbocycles. The van der Waals surface area contributed by atoms with Crippen LogP contribution in [0, 0.1) is 0 Å². The molecule has 4 heteroatoms. The maximum atomic E-state index is 10.5. The number of carboxylic acid groups (broad SMARTS) is 1. The number of carbonyl (C=O) groups is 1. The average molecular weight is 332 g/mol. The van der Waals surface area contributed by atoms with Crippen LogP contribution in [0.15, 0.2) is 36.4 Å². The zero-order valence-electron chi connectivity index (χ0n) is 13.6. The van der Waals surface area contributed by atoms with E-state index in [4.69, 9.17) is 9.84 Å². The fraction of sp³-hybridized carbons (Fsp3) is 0.421. The van der Waals surface area contributed by atoms with Crippen molar-refractivity contribution < 1.29 is 14.6 Å².